The van der Waals surface area contributed by atoms with E-state index in [9.17, 15) is 9.59 Å². The summed E-state index contributed by atoms with van der Waals surface area (Å²) in [5.41, 5.74) is 2.79. The Hall–Kier alpha value is -4.23. The Morgan fingerprint density at radius 1 is 1.29 bits per heavy atom. The first kappa shape index (κ1) is 21.6. The van der Waals surface area contributed by atoms with Gasteiger partial charge in [0.05, 0.1) is 22.1 Å². The molecule has 2 N–H and O–H groups in total. The molecule has 0 spiro atoms. The number of thiophene rings is 1. The standard InChI is InChI=1S/C24H21N7O2S/c1-2-16(9-25)23(33)30-12-15(13-30)14-31-19-6-4-3-5-18(19)28-24(31)29-22(32)21-8-7-20(34-21)17-10-26-27-11-17/h2-8,10-11,15H,12-14H2,1H3,(H,26,27)(H,28,29,32)/b16-2+. The Balaban J connectivity index is 1.34. The van der Waals surface area contributed by atoms with Crippen LogP contribution in [0.3, 0.4) is 0 Å². The molecule has 4 aromatic rings. The second kappa shape index (κ2) is 8.96. The number of carbonyl (C=O) groups excluding carboxylic acids is 2. The van der Waals surface area contributed by atoms with Gasteiger partial charge in [-0.25, -0.2) is 4.98 Å². The van der Waals surface area contributed by atoms with Crippen LogP contribution >= 0.6 is 11.3 Å². The van der Waals surface area contributed by atoms with Gasteiger partial charge >= 0.3 is 0 Å². The van der Waals surface area contributed by atoms with E-state index in [4.69, 9.17) is 5.26 Å². The van der Waals surface area contributed by atoms with E-state index >= 15 is 0 Å². The maximum Gasteiger partial charge on any atom is 0.268 e. The van der Waals surface area contributed by atoms with Crippen molar-refractivity contribution < 1.29 is 9.59 Å². The first-order valence-corrected chi connectivity index (χ1v) is 11.6. The number of para-hydroxylation sites is 2. The van der Waals surface area contributed by atoms with E-state index < -0.39 is 0 Å². The summed E-state index contributed by atoms with van der Waals surface area (Å²) < 4.78 is 1.99. The van der Waals surface area contributed by atoms with Crippen molar-refractivity contribution in [1.82, 2.24) is 24.6 Å². The number of aromatic amines is 1. The Bertz CT molecular complexity index is 1440. The highest BCUT2D eigenvalue weighted by molar-refractivity contribution is 7.17. The molecular formula is C24H21N7O2S. The lowest BCUT2D eigenvalue weighted by atomic mass is 9.98. The Morgan fingerprint density at radius 3 is 2.85 bits per heavy atom. The van der Waals surface area contributed by atoms with Gasteiger partial charge in [-0.15, -0.1) is 11.3 Å². The number of anilines is 1. The predicted molar refractivity (Wildman–Crippen MR) is 129 cm³/mol. The molecule has 1 saturated heterocycles. The molecule has 2 amide bonds. The molecule has 3 aromatic heterocycles. The minimum Gasteiger partial charge on any atom is -0.337 e. The van der Waals surface area contributed by atoms with Gasteiger partial charge < -0.3 is 9.47 Å². The molecule has 1 aromatic carbocycles. The number of H-pyrrole nitrogens is 1. The third kappa shape index (κ3) is 3.97. The van der Waals surface area contributed by atoms with Gasteiger partial charge in [-0.2, -0.15) is 10.4 Å². The van der Waals surface area contributed by atoms with E-state index in [0.717, 1.165) is 21.5 Å². The van der Waals surface area contributed by atoms with Crippen LogP contribution in [0.2, 0.25) is 0 Å². The number of nitrogens with zero attached hydrogens (tertiary/aromatic N) is 5. The molecular weight excluding hydrogens is 450 g/mol. The minimum atomic E-state index is -0.239. The van der Waals surface area contributed by atoms with Crippen molar-refractivity contribution in [3.63, 3.8) is 0 Å². The van der Waals surface area contributed by atoms with E-state index in [1.807, 2.05) is 41.0 Å². The maximum atomic E-state index is 13.0. The number of allylic oxidation sites excluding steroid dienone is 1. The average molecular weight is 472 g/mol. The van der Waals surface area contributed by atoms with E-state index in [0.29, 0.717) is 30.5 Å². The quantitative estimate of drug-likeness (QED) is 0.328. The van der Waals surface area contributed by atoms with E-state index in [2.05, 4.69) is 20.5 Å². The fraction of sp³-hybridized carbons (Fsp3) is 0.208. The normalized spacial score (nSPS) is 14.1. The third-order valence-corrected chi connectivity index (χ3v) is 6.95. The Labute approximate surface area is 199 Å². The number of rotatable bonds is 6. The number of carbonyl (C=O) groups is 2. The average Bonchev–Trinajstić information content (AvgIpc) is 3.56. The molecule has 170 valence electrons. The van der Waals surface area contributed by atoms with E-state index in [1.54, 1.807) is 30.3 Å². The van der Waals surface area contributed by atoms with Crippen LogP contribution in [0.4, 0.5) is 5.95 Å². The summed E-state index contributed by atoms with van der Waals surface area (Å²) in [6.07, 6.45) is 5.04. The number of benzene rings is 1. The van der Waals surface area contributed by atoms with Gasteiger partial charge in [0, 0.05) is 42.2 Å². The first-order valence-electron chi connectivity index (χ1n) is 10.8. The highest BCUT2D eigenvalue weighted by Gasteiger charge is 2.33. The molecule has 0 atom stereocenters. The number of likely N-dealkylation sites (tertiary alicyclic amines) is 1. The van der Waals surface area contributed by atoms with Crippen LogP contribution in [0.15, 0.2) is 60.4 Å². The molecule has 0 bridgehead atoms. The van der Waals surface area contributed by atoms with Crippen LogP contribution in [0.5, 0.6) is 0 Å². The maximum absolute atomic E-state index is 13.0. The van der Waals surface area contributed by atoms with Crippen molar-refractivity contribution in [1.29, 1.82) is 5.26 Å². The summed E-state index contributed by atoms with van der Waals surface area (Å²) in [5, 5.41) is 18.8. The SMILES string of the molecule is C/C=C(\C#N)C(=O)N1CC(Cn2c(NC(=O)c3ccc(-c4cn[nH]c4)s3)nc3ccccc32)C1. The zero-order chi connectivity index (χ0) is 23.7. The van der Waals surface area contributed by atoms with Crippen LogP contribution in [0, 0.1) is 17.2 Å². The molecule has 0 radical (unpaired) electrons. The Kier molecular flexibility index (Phi) is 5.69. The van der Waals surface area contributed by atoms with Crippen molar-refractivity contribution in [3.8, 4) is 16.5 Å². The molecule has 0 aliphatic carbocycles. The third-order valence-electron chi connectivity index (χ3n) is 5.82. The van der Waals surface area contributed by atoms with Crippen LogP contribution < -0.4 is 5.32 Å². The van der Waals surface area contributed by atoms with Gasteiger partial charge in [-0.1, -0.05) is 18.2 Å². The fourth-order valence-electron chi connectivity index (χ4n) is 4.04. The molecule has 1 aliphatic rings. The van der Waals surface area contributed by atoms with Crippen LogP contribution in [-0.2, 0) is 11.3 Å². The van der Waals surface area contributed by atoms with Gasteiger partial charge in [0.25, 0.3) is 11.8 Å². The van der Waals surface area contributed by atoms with Gasteiger partial charge in [-0.05, 0) is 31.2 Å². The van der Waals surface area contributed by atoms with Crippen molar-refractivity contribution in [3.05, 3.63) is 65.3 Å². The molecule has 1 fully saturated rings. The lowest BCUT2D eigenvalue weighted by Crippen LogP contribution is -2.51. The van der Waals surface area contributed by atoms with Gasteiger partial charge in [0.1, 0.15) is 11.6 Å². The number of hydrogen-bond acceptors (Lipinski definition) is 6. The first-order chi connectivity index (χ1) is 16.6. The van der Waals surface area contributed by atoms with Crippen molar-refractivity contribution in [2.45, 2.75) is 13.5 Å². The summed E-state index contributed by atoms with van der Waals surface area (Å²) in [6.45, 7) is 3.39. The van der Waals surface area contributed by atoms with Crippen molar-refractivity contribution in [2.75, 3.05) is 18.4 Å². The van der Waals surface area contributed by atoms with Gasteiger partial charge in [-0.3, -0.25) is 20.0 Å². The summed E-state index contributed by atoms with van der Waals surface area (Å²) in [5.74, 6) is 0.202. The summed E-state index contributed by atoms with van der Waals surface area (Å²) >= 11 is 1.39. The monoisotopic (exact) mass is 471 g/mol. The lowest BCUT2D eigenvalue weighted by molar-refractivity contribution is -0.133. The predicted octanol–water partition coefficient (Wildman–Crippen LogP) is 3.67. The highest BCUT2D eigenvalue weighted by Crippen LogP contribution is 2.29. The van der Waals surface area contributed by atoms with E-state index in [-0.39, 0.29) is 23.3 Å². The summed E-state index contributed by atoms with van der Waals surface area (Å²) in [7, 11) is 0. The Morgan fingerprint density at radius 2 is 2.12 bits per heavy atom. The largest absolute Gasteiger partial charge is 0.337 e. The number of aromatic nitrogens is 4. The van der Waals surface area contributed by atoms with Crippen molar-refractivity contribution in [2.24, 2.45) is 5.92 Å². The van der Waals surface area contributed by atoms with Crippen LogP contribution in [0.25, 0.3) is 21.5 Å². The second-order valence-corrected chi connectivity index (χ2v) is 9.11. The van der Waals surface area contributed by atoms with Crippen LogP contribution in [0.1, 0.15) is 16.6 Å². The summed E-state index contributed by atoms with van der Waals surface area (Å²) in [6, 6.07) is 13.4. The highest BCUT2D eigenvalue weighted by atomic mass is 32.1. The molecule has 1 aliphatic heterocycles. The fourth-order valence-corrected chi connectivity index (χ4v) is 4.92. The molecule has 10 heteroatoms. The van der Waals surface area contributed by atoms with Crippen molar-refractivity contribution >= 4 is 40.1 Å². The number of nitrogens with one attached hydrogen (secondary N) is 2. The van der Waals surface area contributed by atoms with Gasteiger partial charge in [0.15, 0.2) is 0 Å². The zero-order valence-corrected chi connectivity index (χ0v) is 19.2. The molecule has 5 rings (SSSR count). The molecule has 4 heterocycles. The number of imidazole rings is 1. The molecule has 34 heavy (non-hydrogen) atoms. The number of amides is 2. The molecule has 0 unspecified atom stereocenters. The number of hydrogen-bond donors (Lipinski definition) is 2. The topological polar surface area (TPSA) is 120 Å². The number of nitriles is 1. The lowest BCUT2D eigenvalue weighted by Gasteiger charge is -2.39. The second-order valence-electron chi connectivity index (χ2n) is 8.03. The molecule has 0 saturated carbocycles. The number of fused-ring (bicyclic) bond motifs is 1. The minimum absolute atomic E-state index is 0.158. The van der Waals surface area contributed by atoms with Gasteiger partial charge in [0.2, 0.25) is 5.95 Å². The zero-order valence-electron chi connectivity index (χ0n) is 18.4. The van der Waals surface area contributed by atoms with Crippen LogP contribution in [-0.4, -0.2) is 49.6 Å². The van der Waals surface area contributed by atoms with E-state index in [1.165, 1.54) is 17.4 Å². The summed E-state index contributed by atoms with van der Waals surface area (Å²) in [4.78, 5) is 33.2. The smallest absolute Gasteiger partial charge is 0.268 e. The molecule has 9 nitrogen and oxygen atoms in total.